The van der Waals surface area contributed by atoms with Gasteiger partial charge in [0.2, 0.25) is 0 Å². The number of ether oxygens (including phenoxy) is 1. The van der Waals surface area contributed by atoms with Gasteiger partial charge >= 0.3 is 6.09 Å². The van der Waals surface area contributed by atoms with Crippen LogP contribution in [0.3, 0.4) is 0 Å². The first-order valence-electron chi connectivity index (χ1n) is 4.83. The lowest BCUT2D eigenvalue weighted by molar-refractivity contribution is 0.0703. The maximum Gasteiger partial charge on any atom is 0.408 e. The molecule has 0 aliphatic carbocycles. The van der Waals surface area contributed by atoms with Gasteiger partial charge in [-0.25, -0.2) is 13.2 Å². The van der Waals surface area contributed by atoms with Gasteiger partial charge in [-0.1, -0.05) is 12.1 Å². The lowest BCUT2D eigenvalue weighted by Crippen LogP contribution is -2.26. The van der Waals surface area contributed by atoms with Crippen LogP contribution in [0.5, 0.6) is 0 Å². The summed E-state index contributed by atoms with van der Waals surface area (Å²) in [4.78, 5) is 11.0. The largest absolute Gasteiger partial charge is 0.436 e. The molecule has 0 bridgehead atoms. The summed E-state index contributed by atoms with van der Waals surface area (Å²) in [5, 5.41) is 2.52. The predicted octanol–water partition coefficient (Wildman–Crippen LogP) is 1.57. The fraction of sp³-hybridized carbons (Fsp3) is 0.300. The Bertz CT molecular complexity index is 571. The number of nitrogens with one attached hydrogen (secondary N) is 1. The molecule has 1 aliphatic rings. The quantitative estimate of drug-likeness (QED) is 0.832. The molecule has 0 radical (unpaired) electrons. The zero-order chi connectivity index (χ0) is 12.7. The molecule has 1 N–H and O–H groups in total. The molecular weight excluding hydrogens is 266 g/mol. The van der Waals surface area contributed by atoms with Gasteiger partial charge in [0.25, 0.3) is 9.05 Å². The van der Waals surface area contributed by atoms with E-state index in [4.69, 9.17) is 15.4 Å². The van der Waals surface area contributed by atoms with Crippen LogP contribution in [0, 0.1) is 0 Å². The number of cyclic esters (lactones) is 1. The minimum absolute atomic E-state index is 0.0131. The average molecular weight is 276 g/mol. The van der Waals surface area contributed by atoms with Crippen molar-refractivity contribution in [3.8, 4) is 0 Å². The Kier molecular flexibility index (Phi) is 2.79. The molecule has 1 heterocycles. The van der Waals surface area contributed by atoms with E-state index < -0.39 is 20.7 Å². The molecule has 1 aromatic carbocycles. The molecule has 0 aromatic heterocycles. The molecule has 92 valence electrons. The molecule has 0 saturated carbocycles. The van der Waals surface area contributed by atoms with Gasteiger partial charge < -0.3 is 10.1 Å². The van der Waals surface area contributed by atoms with E-state index in [2.05, 4.69) is 5.32 Å². The molecule has 1 unspecified atom stereocenters. The van der Waals surface area contributed by atoms with Crippen LogP contribution in [0.25, 0.3) is 0 Å². The molecule has 1 fully saturated rings. The third-order valence-electron chi connectivity index (χ3n) is 2.61. The Labute approximate surface area is 103 Å². The van der Waals surface area contributed by atoms with Gasteiger partial charge in [-0.05, 0) is 24.6 Å². The summed E-state index contributed by atoms with van der Waals surface area (Å²) >= 11 is 0. The van der Waals surface area contributed by atoms with E-state index in [-0.39, 0.29) is 11.4 Å². The van der Waals surface area contributed by atoms with E-state index in [1.807, 2.05) is 0 Å². The fourth-order valence-corrected chi connectivity index (χ4v) is 2.45. The van der Waals surface area contributed by atoms with Gasteiger partial charge in [0, 0.05) is 10.7 Å². The number of carbonyl (C=O) groups is 1. The minimum Gasteiger partial charge on any atom is -0.436 e. The van der Waals surface area contributed by atoms with Crippen molar-refractivity contribution in [3.63, 3.8) is 0 Å². The Morgan fingerprint density at radius 2 is 2.18 bits per heavy atom. The van der Waals surface area contributed by atoms with Gasteiger partial charge in [-0.15, -0.1) is 0 Å². The van der Waals surface area contributed by atoms with Crippen LogP contribution in [-0.2, 0) is 19.4 Å². The topological polar surface area (TPSA) is 72.5 Å². The molecule has 1 aromatic rings. The van der Waals surface area contributed by atoms with Crippen LogP contribution in [0.1, 0.15) is 12.5 Å². The number of benzene rings is 1. The van der Waals surface area contributed by atoms with Crippen molar-refractivity contribution in [3.05, 3.63) is 29.8 Å². The van der Waals surface area contributed by atoms with Crippen LogP contribution in [-0.4, -0.2) is 21.1 Å². The maximum absolute atomic E-state index is 11.2. The van der Waals surface area contributed by atoms with Crippen molar-refractivity contribution >= 4 is 25.8 Å². The van der Waals surface area contributed by atoms with Crippen molar-refractivity contribution in [1.82, 2.24) is 5.32 Å². The third-order valence-corrected chi connectivity index (χ3v) is 3.97. The molecular formula is C10H10ClNO4S. The SMILES string of the molecule is CC1(c2cccc(S(=O)(=O)Cl)c2)CNC(=O)O1. The lowest BCUT2D eigenvalue weighted by atomic mass is 9.96. The Morgan fingerprint density at radius 1 is 1.47 bits per heavy atom. The lowest BCUT2D eigenvalue weighted by Gasteiger charge is -2.21. The Hall–Kier alpha value is -1.27. The molecule has 0 spiro atoms. The molecule has 7 heteroatoms. The average Bonchev–Trinajstić information content (AvgIpc) is 2.59. The van der Waals surface area contributed by atoms with Crippen LogP contribution < -0.4 is 5.32 Å². The van der Waals surface area contributed by atoms with Gasteiger partial charge in [-0.2, -0.15) is 0 Å². The van der Waals surface area contributed by atoms with Gasteiger partial charge in [0.15, 0.2) is 5.60 Å². The van der Waals surface area contributed by atoms with E-state index >= 15 is 0 Å². The second kappa shape index (κ2) is 3.89. The van der Waals surface area contributed by atoms with Crippen molar-refractivity contribution < 1.29 is 17.9 Å². The number of halogens is 1. The third kappa shape index (κ3) is 2.37. The smallest absolute Gasteiger partial charge is 0.408 e. The van der Waals surface area contributed by atoms with Gasteiger partial charge in [0.1, 0.15) is 0 Å². The van der Waals surface area contributed by atoms with E-state index in [0.717, 1.165) is 0 Å². The fourth-order valence-electron chi connectivity index (χ4n) is 1.66. The minimum atomic E-state index is -3.78. The van der Waals surface area contributed by atoms with E-state index in [1.54, 1.807) is 19.1 Å². The van der Waals surface area contributed by atoms with E-state index in [1.165, 1.54) is 12.1 Å². The first-order chi connectivity index (χ1) is 7.81. The number of carbonyl (C=O) groups excluding carboxylic acids is 1. The number of amides is 1. The second-order valence-corrected chi connectivity index (χ2v) is 6.51. The van der Waals surface area contributed by atoms with E-state index in [0.29, 0.717) is 5.56 Å². The first-order valence-corrected chi connectivity index (χ1v) is 7.14. The summed E-state index contributed by atoms with van der Waals surface area (Å²) < 4.78 is 27.5. The molecule has 1 amide bonds. The second-order valence-electron chi connectivity index (χ2n) is 3.94. The monoisotopic (exact) mass is 275 g/mol. The Morgan fingerprint density at radius 3 is 2.71 bits per heavy atom. The Balaban J connectivity index is 2.44. The normalized spacial score (nSPS) is 24.2. The number of alkyl carbamates (subject to hydrolysis) is 1. The summed E-state index contributed by atoms with van der Waals surface area (Å²) in [6, 6.07) is 6.04. The van der Waals surface area contributed by atoms with Crippen LogP contribution in [0.2, 0.25) is 0 Å². The van der Waals surface area contributed by atoms with Crippen LogP contribution in [0.15, 0.2) is 29.2 Å². The van der Waals surface area contributed by atoms with Crippen LogP contribution in [0.4, 0.5) is 4.79 Å². The zero-order valence-corrected chi connectivity index (χ0v) is 10.5. The zero-order valence-electron chi connectivity index (χ0n) is 8.94. The maximum atomic E-state index is 11.2. The highest BCUT2D eigenvalue weighted by atomic mass is 35.7. The highest BCUT2D eigenvalue weighted by Gasteiger charge is 2.37. The molecule has 17 heavy (non-hydrogen) atoms. The molecule has 1 aliphatic heterocycles. The summed E-state index contributed by atoms with van der Waals surface area (Å²) in [6.45, 7) is 1.99. The van der Waals surface area contributed by atoms with Gasteiger partial charge in [0.05, 0.1) is 11.4 Å². The van der Waals surface area contributed by atoms with Gasteiger partial charge in [-0.3, -0.25) is 0 Å². The molecule has 1 saturated heterocycles. The van der Waals surface area contributed by atoms with Crippen molar-refractivity contribution in [2.75, 3.05) is 6.54 Å². The predicted molar refractivity (Wildman–Crippen MR) is 61.3 cm³/mol. The molecule has 2 rings (SSSR count). The molecule has 1 atom stereocenters. The summed E-state index contributed by atoms with van der Waals surface area (Å²) in [5.74, 6) is 0. The van der Waals surface area contributed by atoms with Crippen molar-refractivity contribution in [2.24, 2.45) is 0 Å². The van der Waals surface area contributed by atoms with E-state index in [9.17, 15) is 13.2 Å². The number of rotatable bonds is 2. The molecule has 5 nitrogen and oxygen atoms in total. The summed E-state index contributed by atoms with van der Waals surface area (Å²) in [7, 11) is 1.48. The van der Waals surface area contributed by atoms with Crippen molar-refractivity contribution in [2.45, 2.75) is 17.4 Å². The van der Waals surface area contributed by atoms with Crippen molar-refractivity contribution in [1.29, 1.82) is 0 Å². The number of hydrogen-bond acceptors (Lipinski definition) is 4. The number of hydrogen-bond donors (Lipinski definition) is 1. The highest BCUT2D eigenvalue weighted by Crippen LogP contribution is 2.30. The highest BCUT2D eigenvalue weighted by molar-refractivity contribution is 8.13. The standard InChI is InChI=1S/C10H10ClNO4S/c1-10(6-12-9(13)16-10)7-3-2-4-8(5-7)17(11,14)15/h2-5H,6H2,1H3,(H,12,13). The summed E-state index contributed by atoms with van der Waals surface area (Å²) in [5.41, 5.74) is -0.285. The van der Waals surface area contributed by atoms with Crippen LogP contribution >= 0.6 is 10.7 Å². The summed E-state index contributed by atoms with van der Waals surface area (Å²) in [6.07, 6.45) is -0.522. The first kappa shape index (κ1) is 12.2.